The van der Waals surface area contributed by atoms with E-state index in [4.69, 9.17) is 5.73 Å². The van der Waals surface area contributed by atoms with Gasteiger partial charge in [0.15, 0.2) is 5.16 Å². The first-order chi connectivity index (χ1) is 8.69. The molecule has 0 aliphatic carbocycles. The number of hydrogen-bond acceptors (Lipinski definition) is 5. The quantitative estimate of drug-likeness (QED) is 0.856. The summed E-state index contributed by atoms with van der Waals surface area (Å²) in [6.45, 7) is 4.02. The molecule has 2 rings (SSSR count). The van der Waals surface area contributed by atoms with Crippen LogP contribution in [0.1, 0.15) is 30.6 Å². The molecule has 5 heteroatoms. The van der Waals surface area contributed by atoms with E-state index in [2.05, 4.69) is 21.9 Å². The van der Waals surface area contributed by atoms with E-state index in [0.29, 0.717) is 0 Å². The summed E-state index contributed by atoms with van der Waals surface area (Å²) < 4.78 is 0. The topological polar surface area (TPSA) is 64.7 Å². The van der Waals surface area contributed by atoms with E-state index in [1.807, 2.05) is 37.6 Å². The second-order valence-corrected chi connectivity index (χ2v) is 5.12. The number of aromatic nitrogens is 3. The van der Waals surface area contributed by atoms with Crippen molar-refractivity contribution in [2.45, 2.75) is 36.4 Å². The molecule has 0 radical (unpaired) electrons. The van der Waals surface area contributed by atoms with Crippen molar-refractivity contribution in [2.24, 2.45) is 5.73 Å². The minimum atomic E-state index is 0.0136. The minimum Gasteiger partial charge on any atom is -0.323 e. The van der Waals surface area contributed by atoms with Crippen molar-refractivity contribution < 1.29 is 0 Å². The first-order valence-electron chi connectivity index (χ1n) is 5.87. The van der Waals surface area contributed by atoms with Crippen LogP contribution in [0.25, 0.3) is 0 Å². The molecule has 1 atom stereocenters. The standard InChI is InChI=1S/C13H16N4S/c1-3-11(14)12-5-4-10(8-15-12)18-13-16-6-9(2)7-17-13/h4-8,11H,3,14H2,1-2H3/t11-/m0/s1. The SMILES string of the molecule is CC[C@H](N)c1ccc(Sc2ncc(C)cn2)cn1. The lowest BCUT2D eigenvalue weighted by Crippen LogP contribution is -2.10. The summed E-state index contributed by atoms with van der Waals surface area (Å²) in [6, 6.07) is 3.98. The van der Waals surface area contributed by atoms with Crippen LogP contribution in [0.15, 0.2) is 40.8 Å². The van der Waals surface area contributed by atoms with Crippen LogP contribution in [-0.2, 0) is 0 Å². The number of nitrogens with zero attached hydrogens (tertiary/aromatic N) is 3. The second kappa shape index (κ2) is 5.93. The second-order valence-electron chi connectivity index (χ2n) is 4.08. The van der Waals surface area contributed by atoms with Crippen LogP contribution in [0.5, 0.6) is 0 Å². The average molecular weight is 260 g/mol. The van der Waals surface area contributed by atoms with E-state index in [9.17, 15) is 0 Å². The van der Waals surface area contributed by atoms with Gasteiger partial charge in [-0.1, -0.05) is 6.92 Å². The summed E-state index contributed by atoms with van der Waals surface area (Å²) in [5.41, 5.74) is 7.90. The summed E-state index contributed by atoms with van der Waals surface area (Å²) in [5, 5.41) is 0.731. The molecule has 94 valence electrons. The Hall–Kier alpha value is -1.46. The maximum Gasteiger partial charge on any atom is 0.192 e. The fourth-order valence-electron chi connectivity index (χ4n) is 1.42. The smallest absolute Gasteiger partial charge is 0.192 e. The summed E-state index contributed by atoms with van der Waals surface area (Å²) in [7, 11) is 0. The molecule has 0 saturated carbocycles. The van der Waals surface area contributed by atoms with Crippen LogP contribution < -0.4 is 5.73 Å². The van der Waals surface area contributed by atoms with Gasteiger partial charge < -0.3 is 5.73 Å². The Kier molecular flexibility index (Phi) is 4.28. The summed E-state index contributed by atoms with van der Waals surface area (Å²) in [4.78, 5) is 13.9. The van der Waals surface area contributed by atoms with Gasteiger partial charge in [-0.25, -0.2) is 9.97 Å². The van der Waals surface area contributed by atoms with Crippen molar-refractivity contribution >= 4 is 11.8 Å². The lowest BCUT2D eigenvalue weighted by atomic mass is 10.1. The first-order valence-corrected chi connectivity index (χ1v) is 6.68. The Balaban J connectivity index is 2.08. The molecule has 0 fully saturated rings. The lowest BCUT2D eigenvalue weighted by molar-refractivity contribution is 0.674. The number of aryl methyl sites for hydroxylation is 1. The molecule has 0 aliphatic heterocycles. The fourth-order valence-corrected chi connectivity index (χ4v) is 2.08. The Bertz CT molecular complexity index is 495. The van der Waals surface area contributed by atoms with Crippen LogP contribution in [0.2, 0.25) is 0 Å². The molecular formula is C13H16N4S. The summed E-state index contributed by atoms with van der Waals surface area (Å²) in [5.74, 6) is 0. The van der Waals surface area contributed by atoms with Gasteiger partial charge in [-0.15, -0.1) is 0 Å². The molecule has 0 saturated heterocycles. The van der Waals surface area contributed by atoms with Crippen molar-refractivity contribution in [1.82, 2.24) is 15.0 Å². The monoisotopic (exact) mass is 260 g/mol. The predicted octanol–water partition coefficient (Wildman–Crippen LogP) is 2.74. The lowest BCUT2D eigenvalue weighted by Gasteiger charge is -2.08. The highest BCUT2D eigenvalue weighted by atomic mass is 32.2. The summed E-state index contributed by atoms with van der Waals surface area (Å²) in [6.07, 6.45) is 6.33. The van der Waals surface area contributed by atoms with E-state index in [0.717, 1.165) is 27.7 Å². The van der Waals surface area contributed by atoms with Crippen molar-refractivity contribution in [3.8, 4) is 0 Å². The number of pyridine rings is 1. The van der Waals surface area contributed by atoms with Crippen molar-refractivity contribution in [1.29, 1.82) is 0 Å². The van der Waals surface area contributed by atoms with Crippen LogP contribution in [-0.4, -0.2) is 15.0 Å². The molecule has 0 unspecified atom stereocenters. The number of hydrogen-bond donors (Lipinski definition) is 1. The summed E-state index contributed by atoms with van der Waals surface area (Å²) >= 11 is 1.50. The van der Waals surface area contributed by atoms with Gasteiger partial charge in [0.2, 0.25) is 0 Å². The molecule has 4 nitrogen and oxygen atoms in total. The molecule has 2 N–H and O–H groups in total. The van der Waals surface area contributed by atoms with Crippen molar-refractivity contribution in [2.75, 3.05) is 0 Å². The number of nitrogens with two attached hydrogens (primary N) is 1. The Labute approximate surface area is 111 Å². The first kappa shape index (κ1) is 13.0. The highest BCUT2D eigenvalue weighted by molar-refractivity contribution is 7.99. The molecule has 0 aliphatic rings. The molecule has 0 bridgehead atoms. The molecule has 2 aromatic heterocycles. The Morgan fingerprint density at radius 2 is 1.89 bits per heavy atom. The maximum absolute atomic E-state index is 5.92. The minimum absolute atomic E-state index is 0.0136. The van der Waals surface area contributed by atoms with Gasteiger partial charge in [0, 0.05) is 29.5 Å². The predicted molar refractivity (Wildman–Crippen MR) is 72.3 cm³/mol. The van der Waals surface area contributed by atoms with Crippen LogP contribution in [0, 0.1) is 6.92 Å². The van der Waals surface area contributed by atoms with E-state index in [1.165, 1.54) is 11.8 Å². The van der Waals surface area contributed by atoms with Gasteiger partial charge in [-0.05, 0) is 42.8 Å². The third-order valence-corrected chi connectivity index (χ3v) is 3.42. The van der Waals surface area contributed by atoms with Gasteiger partial charge in [-0.2, -0.15) is 0 Å². The van der Waals surface area contributed by atoms with Gasteiger partial charge in [0.1, 0.15) is 0 Å². The van der Waals surface area contributed by atoms with Gasteiger partial charge in [0.05, 0.1) is 5.69 Å². The van der Waals surface area contributed by atoms with Crippen LogP contribution in [0.4, 0.5) is 0 Å². The third-order valence-electron chi connectivity index (χ3n) is 2.55. The zero-order valence-corrected chi connectivity index (χ0v) is 11.3. The largest absolute Gasteiger partial charge is 0.323 e. The third kappa shape index (κ3) is 3.27. The normalized spacial score (nSPS) is 12.4. The highest BCUT2D eigenvalue weighted by Crippen LogP contribution is 2.24. The molecule has 0 aromatic carbocycles. The average Bonchev–Trinajstić information content (AvgIpc) is 2.41. The van der Waals surface area contributed by atoms with Crippen LogP contribution >= 0.6 is 11.8 Å². The van der Waals surface area contributed by atoms with E-state index < -0.39 is 0 Å². The van der Waals surface area contributed by atoms with Gasteiger partial charge in [0.25, 0.3) is 0 Å². The molecule has 18 heavy (non-hydrogen) atoms. The number of rotatable bonds is 4. The zero-order valence-electron chi connectivity index (χ0n) is 10.5. The van der Waals surface area contributed by atoms with E-state index >= 15 is 0 Å². The van der Waals surface area contributed by atoms with Crippen molar-refractivity contribution in [3.05, 3.63) is 42.0 Å². The van der Waals surface area contributed by atoms with Gasteiger partial charge >= 0.3 is 0 Å². The fraction of sp³-hybridized carbons (Fsp3) is 0.308. The van der Waals surface area contributed by atoms with Gasteiger partial charge in [-0.3, -0.25) is 4.98 Å². The van der Waals surface area contributed by atoms with E-state index in [-0.39, 0.29) is 6.04 Å². The highest BCUT2D eigenvalue weighted by Gasteiger charge is 2.05. The molecule has 0 spiro atoms. The Morgan fingerprint density at radius 3 is 2.44 bits per heavy atom. The van der Waals surface area contributed by atoms with Crippen LogP contribution in [0.3, 0.4) is 0 Å². The zero-order chi connectivity index (χ0) is 13.0. The Morgan fingerprint density at radius 1 is 1.17 bits per heavy atom. The molecular weight excluding hydrogens is 244 g/mol. The molecule has 0 amide bonds. The van der Waals surface area contributed by atoms with E-state index in [1.54, 1.807) is 0 Å². The molecule has 2 aromatic rings. The molecule has 2 heterocycles. The maximum atomic E-state index is 5.92. The van der Waals surface area contributed by atoms with Crippen molar-refractivity contribution in [3.63, 3.8) is 0 Å².